The molecule has 1 aliphatic carbocycles. The Morgan fingerprint density at radius 1 is 1.25 bits per heavy atom. The van der Waals surface area contributed by atoms with Gasteiger partial charge in [-0.2, -0.15) is 0 Å². The summed E-state index contributed by atoms with van der Waals surface area (Å²) in [5.41, 5.74) is 2.09. The first kappa shape index (κ1) is 11.7. The summed E-state index contributed by atoms with van der Waals surface area (Å²) in [6.07, 6.45) is 5.32. The molecule has 1 nitrogen and oxygen atoms in total. The molecule has 88 valence electrons. The van der Waals surface area contributed by atoms with Crippen LogP contribution in [0.5, 0.6) is 0 Å². The van der Waals surface area contributed by atoms with Crippen LogP contribution in [0, 0.1) is 5.41 Å². The molecule has 0 spiro atoms. The van der Waals surface area contributed by atoms with Gasteiger partial charge in [0, 0.05) is 12.6 Å². The van der Waals surface area contributed by atoms with Gasteiger partial charge >= 0.3 is 0 Å². The predicted octanol–water partition coefficient (Wildman–Crippen LogP) is 3.40. The van der Waals surface area contributed by atoms with Crippen LogP contribution in [0.25, 0.3) is 0 Å². The van der Waals surface area contributed by atoms with Gasteiger partial charge < -0.3 is 5.32 Å². The summed E-state index contributed by atoms with van der Waals surface area (Å²) in [5.74, 6) is 0. The number of hydrogen-bond donors (Lipinski definition) is 1. The van der Waals surface area contributed by atoms with Crippen molar-refractivity contribution in [1.82, 2.24) is 5.32 Å². The van der Waals surface area contributed by atoms with E-state index in [0.717, 1.165) is 6.42 Å². The Morgan fingerprint density at radius 3 is 2.50 bits per heavy atom. The Hall–Kier alpha value is -0.820. The molecule has 1 aromatic carbocycles. The van der Waals surface area contributed by atoms with Crippen molar-refractivity contribution in [3.05, 3.63) is 35.9 Å². The van der Waals surface area contributed by atoms with Gasteiger partial charge in [-0.1, -0.05) is 37.3 Å². The van der Waals surface area contributed by atoms with Gasteiger partial charge in [-0.25, -0.2) is 0 Å². The third-order valence-corrected chi connectivity index (χ3v) is 3.92. The molecule has 1 aromatic rings. The van der Waals surface area contributed by atoms with Gasteiger partial charge in [0.1, 0.15) is 0 Å². The summed E-state index contributed by atoms with van der Waals surface area (Å²) in [5, 5.41) is 3.68. The lowest BCUT2D eigenvalue weighted by Crippen LogP contribution is -2.33. The highest BCUT2D eigenvalue weighted by atomic mass is 14.9. The summed E-state index contributed by atoms with van der Waals surface area (Å²) in [4.78, 5) is 0. The molecule has 1 fully saturated rings. The molecule has 0 saturated heterocycles. The Morgan fingerprint density at radius 2 is 1.94 bits per heavy atom. The Labute approximate surface area is 99.3 Å². The molecule has 2 rings (SSSR count). The zero-order valence-electron chi connectivity index (χ0n) is 10.5. The molecule has 1 aliphatic rings. The first-order valence-corrected chi connectivity index (χ1v) is 6.51. The topological polar surface area (TPSA) is 12.0 Å². The number of nitrogens with one attached hydrogen (secondary N) is 1. The molecule has 1 saturated carbocycles. The highest BCUT2D eigenvalue weighted by Crippen LogP contribution is 2.47. The third kappa shape index (κ3) is 3.08. The first-order valence-electron chi connectivity index (χ1n) is 6.51. The molecule has 0 radical (unpaired) electrons. The maximum Gasteiger partial charge on any atom is 0.00793 e. The van der Waals surface area contributed by atoms with E-state index in [2.05, 4.69) is 49.5 Å². The summed E-state index contributed by atoms with van der Waals surface area (Å²) in [7, 11) is 0. The van der Waals surface area contributed by atoms with E-state index in [-0.39, 0.29) is 0 Å². The van der Waals surface area contributed by atoms with E-state index in [1.54, 1.807) is 0 Å². The molecule has 0 aliphatic heterocycles. The van der Waals surface area contributed by atoms with Gasteiger partial charge in [0.2, 0.25) is 0 Å². The summed E-state index contributed by atoms with van der Waals surface area (Å²) in [6, 6.07) is 11.3. The minimum absolute atomic E-state index is 0.589. The molecule has 0 aromatic heterocycles. The van der Waals surface area contributed by atoms with Crippen LogP contribution in [0.1, 0.15) is 38.7 Å². The van der Waals surface area contributed by atoms with Crippen LogP contribution in [-0.2, 0) is 6.42 Å². The predicted molar refractivity (Wildman–Crippen MR) is 69.6 cm³/mol. The van der Waals surface area contributed by atoms with Gasteiger partial charge in [-0.15, -0.1) is 0 Å². The minimum Gasteiger partial charge on any atom is -0.313 e. The van der Waals surface area contributed by atoms with Crippen LogP contribution in [0.4, 0.5) is 0 Å². The Bertz CT molecular complexity index is 313. The van der Waals surface area contributed by atoms with Gasteiger partial charge in [0.15, 0.2) is 0 Å². The van der Waals surface area contributed by atoms with E-state index in [0.29, 0.717) is 11.5 Å². The lowest BCUT2D eigenvalue weighted by molar-refractivity contribution is 0.409. The van der Waals surface area contributed by atoms with Crippen LogP contribution >= 0.6 is 0 Å². The Kier molecular flexibility index (Phi) is 3.65. The second kappa shape index (κ2) is 5.01. The molecule has 16 heavy (non-hydrogen) atoms. The average molecular weight is 217 g/mol. The van der Waals surface area contributed by atoms with Crippen molar-refractivity contribution in [2.75, 3.05) is 6.54 Å². The zero-order chi connectivity index (χ0) is 11.4. The van der Waals surface area contributed by atoms with Crippen molar-refractivity contribution in [2.45, 2.75) is 45.6 Å². The second-order valence-electron chi connectivity index (χ2n) is 5.33. The first-order chi connectivity index (χ1) is 7.74. The van der Waals surface area contributed by atoms with Gasteiger partial charge in [-0.3, -0.25) is 0 Å². The van der Waals surface area contributed by atoms with Crippen molar-refractivity contribution in [2.24, 2.45) is 5.41 Å². The van der Waals surface area contributed by atoms with E-state index < -0.39 is 0 Å². The largest absolute Gasteiger partial charge is 0.313 e. The number of benzene rings is 1. The fraction of sp³-hybridized carbons (Fsp3) is 0.600. The molecule has 1 N–H and O–H groups in total. The van der Waals surface area contributed by atoms with Crippen molar-refractivity contribution in [3.8, 4) is 0 Å². The zero-order valence-corrected chi connectivity index (χ0v) is 10.5. The fourth-order valence-electron chi connectivity index (χ4n) is 2.26. The smallest absolute Gasteiger partial charge is 0.00793 e. The van der Waals surface area contributed by atoms with E-state index in [1.165, 1.54) is 31.4 Å². The quantitative estimate of drug-likeness (QED) is 0.770. The highest BCUT2D eigenvalue weighted by molar-refractivity contribution is 5.15. The SMILES string of the molecule is CCC1(CNC(C)Cc2ccccc2)CC1. The second-order valence-corrected chi connectivity index (χ2v) is 5.33. The van der Waals surface area contributed by atoms with E-state index >= 15 is 0 Å². The molecular formula is C15H23N. The van der Waals surface area contributed by atoms with Crippen LogP contribution in [0.15, 0.2) is 30.3 Å². The number of hydrogen-bond acceptors (Lipinski definition) is 1. The summed E-state index contributed by atoms with van der Waals surface area (Å²) < 4.78 is 0. The van der Waals surface area contributed by atoms with E-state index in [1.807, 2.05) is 0 Å². The third-order valence-electron chi connectivity index (χ3n) is 3.92. The average Bonchev–Trinajstić information content (AvgIpc) is 3.09. The van der Waals surface area contributed by atoms with E-state index in [9.17, 15) is 0 Å². The molecule has 1 unspecified atom stereocenters. The summed E-state index contributed by atoms with van der Waals surface area (Å²) in [6.45, 7) is 5.81. The molecule has 0 heterocycles. The lowest BCUT2D eigenvalue weighted by Gasteiger charge is -2.18. The standard InChI is InChI=1S/C15H23N/c1-3-15(9-10-15)12-16-13(2)11-14-7-5-4-6-8-14/h4-8,13,16H,3,9-12H2,1-2H3. The van der Waals surface area contributed by atoms with Crippen molar-refractivity contribution >= 4 is 0 Å². The molecule has 1 atom stereocenters. The summed E-state index contributed by atoms with van der Waals surface area (Å²) >= 11 is 0. The van der Waals surface area contributed by atoms with Crippen LogP contribution in [0.2, 0.25) is 0 Å². The molecule has 0 amide bonds. The maximum absolute atomic E-state index is 3.68. The number of rotatable bonds is 6. The van der Waals surface area contributed by atoms with Gasteiger partial charge in [-0.05, 0) is 43.6 Å². The van der Waals surface area contributed by atoms with E-state index in [4.69, 9.17) is 0 Å². The molecule has 0 bridgehead atoms. The van der Waals surface area contributed by atoms with Crippen LogP contribution in [-0.4, -0.2) is 12.6 Å². The fourth-order valence-corrected chi connectivity index (χ4v) is 2.26. The lowest BCUT2D eigenvalue weighted by atomic mass is 10.0. The molecular weight excluding hydrogens is 194 g/mol. The van der Waals surface area contributed by atoms with Crippen LogP contribution in [0.3, 0.4) is 0 Å². The van der Waals surface area contributed by atoms with Crippen molar-refractivity contribution in [1.29, 1.82) is 0 Å². The highest BCUT2D eigenvalue weighted by Gasteiger charge is 2.40. The van der Waals surface area contributed by atoms with Gasteiger partial charge in [0.05, 0.1) is 0 Å². The normalized spacial score (nSPS) is 19.4. The Balaban J connectivity index is 1.74. The monoisotopic (exact) mass is 217 g/mol. The molecule has 1 heteroatoms. The van der Waals surface area contributed by atoms with Gasteiger partial charge in [0.25, 0.3) is 0 Å². The van der Waals surface area contributed by atoms with Crippen molar-refractivity contribution < 1.29 is 0 Å². The van der Waals surface area contributed by atoms with Crippen LogP contribution < -0.4 is 5.32 Å². The van der Waals surface area contributed by atoms with Crippen molar-refractivity contribution in [3.63, 3.8) is 0 Å². The minimum atomic E-state index is 0.589. The maximum atomic E-state index is 3.68.